The molecule has 3 N–H and O–H groups in total. The van der Waals surface area contributed by atoms with Crippen LogP contribution in [0.2, 0.25) is 10.0 Å². The Balaban J connectivity index is 1.67. The number of rotatable bonds is 4. The molecule has 0 bridgehead atoms. The second-order valence-electron chi connectivity index (χ2n) is 6.78. The van der Waals surface area contributed by atoms with Crippen molar-refractivity contribution in [3.05, 3.63) is 80.9 Å². The number of hydrogen-bond donors (Lipinski definition) is 3. The molecule has 3 aromatic rings. The molecule has 2 atom stereocenters. The largest absolute Gasteiger partial charge is 0.453 e. The van der Waals surface area contributed by atoms with Gasteiger partial charge in [0.2, 0.25) is 6.35 Å². The van der Waals surface area contributed by atoms with Crippen LogP contribution < -0.4 is 20.6 Å². The predicted molar refractivity (Wildman–Crippen MR) is 119 cm³/mol. The Labute approximate surface area is 196 Å². The Morgan fingerprint density at radius 3 is 2.52 bits per heavy atom. The van der Waals surface area contributed by atoms with Gasteiger partial charge in [0.05, 0.1) is 27.6 Å². The van der Waals surface area contributed by atoms with Gasteiger partial charge in [0.1, 0.15) is 17.6 Å². The zero-order chi connectivity index (χ0) is 23.7. The second-order valence-corrected chi connectivity index (χ2v) is 7.59. The summed E-state index contributed by atoms with van der Waals surface area (Å²) < 4.78 is 20.6. The number of anilines is 1. The smallest absolute Gasteiger partial charge is 0.255 e. The van der Waals surface area contributed by atoms with Gasteiger partial charge in [0.15, 0.2) is 17.7 Å². The number of nitriles is 1. The van der Waals surface area contributed by atoms with Crippen molar-refractivity contribution in [3.63, 3.8) is 0 Å². The molecule has 0 spiro atoms. The molecule has 0 saturated heterocycles. The zero-order valence-electron chi connectivity index (χ0n) is 16.5. The van der Waals surface area contributed by atoms with Crippen LogP contribution in [0.25, 0.3) is 5.69 Å². The van der Waals surface area contributed by atoms with Crippen molar-refractivity contribution in [2.45, 2.75) is 12.6 Å². The van der Waals surface area contributed by atoms with E-state index in [4.69, 9.17) is 33.2 Å². The number of halogens is 3. The van der Waals surface area contributed by atoms with E-state index in [1.807, 2.05) is 0 Å². The van der Waals surface area contributed by atoms with Crippen molar-refractivity contribution < 1.29 is 19.3 Å². The lowest BCUT2D eigenvalue weighted by atomic mass is 10.2. The standard InChI is InChI=1S/C21H14Cl2FN5O4/c22-15-7-13(29-21(32)26-20(31)17(9-25)27-29)8-16(23)19(15)33-14-4-5-18(30)28(10-14)12-3-1-2-11(24)6-12/h1-8,10,20-21,26,31-32H. The summed E-state index contributed by atoms with van der Waals surface area (Å²) in [6.45, 7) is 0. The van der Waals surface area contributed by atoms with Gasteiger partial charge in [0.25, 0.3) is 5.56 Å². The first-order valence-corrected chi connectivity index (χ1v) is 10.1. The van der Waals surface area contributed by atoms with Crippen LogP contribution in [-0.2, 0) is 0 Å². The van der Waals surface area contributed by atoms with Crippen molar-refractivity contribution in [1.29, 1.82) is 5.26 Å². The van der Waals surface area contributed by atoms with Crippen LogP contribution in [0.4, 0.5) is 10.1 Å². The Morgan fingerprint density at radius 1 is 1.12 bits per heavy atom. The molecule has 2 heterocycles. The minimum absolute atomic E-state index is 0.0352. The van der Waals surface area contributed by atoms with E-state index in [2.05, 4.69) is 10.4 Å². The summed E-state index contributed by atoms with van der Waals surface area (Å²) in [7, 11) is 0. The van der Waals surface area contributed by atoms with Gasteiger partial charge in [-0.05, 0) is 36.4 Å². The van der Waals surface area contributed by atoms with Crippen LogP contribution >= 0.6 is 23.2 Å². The summed E-state index contributed by atoms with van der Waals surface area (Å²) in [5, 5.41) is 36.2. The zero-order valence-corrected chi connectivity index (χ0v) is 18.0. The topological polar surface area (TPSA) is 123 Å². The maximum absolute atomic E-state index is 13.6. The first-order valence-electron chi connectivity index (χ1n) is 9.32. The minimum Gasteiger partial charge on any atom is -0.453 e. The van der Waals surface area contributed by atoms with Crippen LogP contribution in [-0.4, -0.2) is 33.1 Å². The SMILES string of the molecule is N#CC1=NN(c2cc(Cl)c(Oc3ccc(=O)n(-c4cccc(F)c4)c3)c(Cl)c2)C(O)NC1O. The number of aliphatic hydroxyl groups is 2. The van der Waals surface area contributed by atoms with Gasteiger partial charge in [-0.25, -0.2) is 14.7 Å². The van der Waals surface area contributed by atoms with Crippen LogP contribution in [0.15, 0.2) is 64.6 Å². The van der Waals surface area contributed by atoms with E-state index in [0.29, 0.717) is 5.69 Å². The number of hydrogen-bond acceptors (Lipinski definition) is 8. The molecule has 2 aromatic carbocycles. The first-order chi connectivity index (χ1) is 15.8. The molecule has 1 aromatic heterocycles. The molecule has 0 aliphatic carbocycles. The Morgan fingerprint density at radius 2 is 1.85 bits per heavy atom. The lowest BCUT2D eigenvalue weighted by Gasteiger charge is -2.32. The fourth-order valence-corrected chi connectivity index (χ4v) is 3.60. The van der Waals surface area contributed by atoms with Gasteiger partial charge in [-0.3, -0.25) is 9.36 Å². The van der Waals surface area contributed by atoms with Crippen molar-refractivity contribution >= 4 is 34.6 Å². The highest BCUT2D eigenvalue weighted by Gasteiger charge is 2.29. The van der Waals surface area contributed by atoms with Crippen molar-refractivity contribution in [3.8, 4) is 23.3 Å². The summed E-state index contributed by atoms with van der Waals surface area (Å²) in [4.78, 5) is 12.2. The molecule has 12 heteroatoms. The average molecular weight is 490 g/mol. The molecule has 1 aliphatic rings. The van der Waals surface area contributed by atoms with E-state index in [1.54, 1.807) is 12.1 Å². The van der Waals surface area contributed by atoms with E-state index in [1.165, 1.54) is 53.2 Å². The number of benzene rings is 2. The summed E-state index contributed by atoms with van der Waals surface area (Å²) in [5.74, 6) is -0.255. The number of ether oxygens (including phenoxy) is 1. The summed E-state index contributed by atoms with van der Waals surface area (Å²) in [5.41, 5.74) is -0.160. The van der Waals surface area contributed by atoms with Gasteiger partial charge < -0.3 is 14.9 Å². The number of aliphatic hydroxyl groups excluding tert-OH is 2. The average Bonchev–Trinajstić information content (AvgIpc) is 2.77. The molecule has 9 nitrogen and oxygen atoms in total. The summed E-state index contributed by atoms with van der Waals surface area (Å²) in [6, 6.07) is 12.6. The Bertz CT molecular complexity index is 1330. The fraction of sp³-hybridized carbons (Fsp3) is 0.0952. The maximum atomic E-state index is 13.6. The Hall–Kier alpha value is -3.46. The third-order valence-electron chi connectivity index (χ3n) is 4.57. The third kappa shape index (κ3) is 4.68. The number of pyridine rings is 1. The molecular formula is C21H14Cl2FN5O4. The summed E-state index contributed by atoms with van der Waals surface area (Å²) in [6.07, 6.45) is -1.52. The van der Waals surface area contributed by atoms with Crippen LogP contribution in [0.1, 0.15) is 0 Å². The summed E-state index contributed by atoms with van der Waals surface area (Å²) >= 11 is 12.7. The van der Waals surface area contributed by atoms with Crippen molar-refractivity contribution in [2.24, 2.45) is 5.10 Å². The van der Waals surface area contributed by atoms with E-state index in [-0.39, 0.29) is 32.9 Å². The highest BCUT2D eigenvalue weighted by atomic mass is 35.5. The number of hydrazone groups is 1. The van der Waals surface area contributed by atoms with Gasteiger partial charge in [-0.2, -0.15) is 10.4 Å². The molecule has 0 fully saturated rings. The van der Waals surface area contributed by atoms with Crippen molar-refractivity contribution in [1.82, 2.24) is 9.88 Å². The van der Waals surface area contributed by atoms with Crippen LogP contribution in [0, 0.1) is 17.1 Å². The van der Waals surface area contributed by atoms with E-state index < -0.39 is 24.0 Å². The monoisotopic (exact) mass is 489 g/mol. The molecule has 4 rings (SSSR count). The first kappa shape index (κ1) is 22.7. The second kappa shape index (κ2) is 9.19. The number of nitrogens with zero attached hydrogens (tertiary/aromatic N) is 4. The predicted octanol–water partition coefficient (Wildman–Crippen LogP) is 2.96. The van der Waals surface area contributed by atoms with Crippen LogP contribution in [0.5, 0.6) is 11.5 Å². The quantitative estimate of drug-likeness (QED) is 0.514. The molecule has 33 heavy (non-hydrogen) atoms. The van der Waals surface area contributed by atoms with Gasteiger partial charge in [-0.15, -0.1) is 0 Å². The molecule has 0 radical (unpaired) electrons. The molecule has 2 unspecified atom stereocenters. The molecule has 0 amide bonds. The van der Waals surface area contributed by atoms with Crippen LogP contribution in [0.3, 0.4) is 0 Å². The van der Waals surface area contributed by atoms with E-state index in [0.717, 1.165) is 5.01 Å². The van der Waals surface area contributed by atoms with Gasteiger partial charge in [0, 0.05) is 6.07 Å². The normalized spacial score (nSPS) is 17.9. The number of aromatic nitrogens is 1. The maximum Gasteiger partial charge on any atom is 0.255 e. The fourth-order valence-electron chi connectivity index (χ4n) is 3.05. The lowest BCUT2D eigenvalue weighted by molar-refractivity contribution is 0.0631. The molecular weight excluding hydrogens is 476 g/mol. The van der Waals surface area contributed by atoms with Gasteiger partial charge >= 0.3 is 0 Å². The highest BCUT2D eigenvalue weighted by Crippen LogP contribution is 2.40. The third-order valence-corrected chi connectivity index (χ3v) is 5.13. The van der Waals surface area contributed by atoms with E-state index >= 15 is 0 Å². The van der Waals surface area contributed by atoms with Crippen molar-refractivity contribution in [2.75, 3.05) is 5.01 Å². The Kier molecular flexibility index (Phi) is 6.33. The van der Waals surface area contributed by atoms with E-state index in [9.17, 15) is 19.4 Å². The minimum atomic E-state index is -1.45. The molecule has 1 aliphatic heterocycles. The lowest BCUT2D eigenvalue weighted by Crippen LogP contribution is -2.55. The molecule has 0 saturated carbocycles. The highest BCUT2D eigenvalue weighted by molar-refractivity contribution is 6.37. The number of nitrogens with one attached hydrogen (secondary N) is 1. The van der Waals surface area contributed by atoms with Gasteiger partial charge in [-0.1, -0.05) is 29.3 Å². The molecule has 168 valence electrons.